The molecule has 1 rings (SSSR count). The summed E-state index contributed by atoms with van der Waals surface area (Å²) in [5, 5.41) is -0.250. The summed E-state index contributed by atoms with van der Waals surface area (Å²) in [4.78, 5) is 11.4. The highest BCUT2D eigenvalue weighted by Gasteiger charge is 2.30. The van der Waals surface area contributed by atoms with E-state index in [9.17, 15) is 26.4 Å². The van der Waals surface area contributed by atoms with Crippen molar-refractivity contribution in [3.8, 4) is 0 Å². The monoisotopic (exact) mass is 345 g/mol. The molecule has 0 fully saturated rings. The number of rotatable bonds is 5. The number of hydrogen-bond acceptors (Lipinski definition) is 4. The molecule has 118 valence electrons. The fourth-order valence-corrected chi connectivity index (χ4v) is 2.76. The summed E-state index contributed by atoms with van der Waals surface area (Å²) in [6.45, 7) is 0. The van der Waals surface area contributed by atoms with Gasteiger partial charge < -0.3 is 4.74 Å². The SMILES string of the molecule is COC(=O)c1cccc(NS(=O)(=O)CCC(F)(F)F)c1Cl. The number of carbonyl (C=O) groups is 1. The Balaban J connectivity index is 2.95. The van der Waals surface area contributed by atoms with E-state index in [-0.39, 0.29) is 16.3 Å². The average Bonchev–Trinajstić information content (AvgIpc) is 2.37. The normalized spacial score (nSPS) is 12.0. The number of alkyl halides is 3. The van der Waals surface area contributed by atoms with Crippen LogP contribution in [0, 0.1) is 0 Å². The fourth-order valence-electron chi connectivity index (χ4n) is 1.35. The highest BCUT2D eigenvalue weighted by Crippen LogP contribution is 2.28. The minimum Gasteiger partial charge on any atom is -0.465 e. The molecule has 0 bridgehead atoms. The molecule has 1 N–H and O–H groups in total. The maximum absolute atomic E-state index is 12.0. The number of esters is 1. The van der Waals surface area contributed by atoms with Gasteiger partial charge in [0.1, 0.15) is 0 Å². The molecule has 0 amide bonds. The number of nitrogens with one attached hydrogen (secondary N) is 1. The summed E-state index contributed by atoms with van der Waals surface area (Å²) in [7, 11) is -3.14. The summed E-state index contributed by atoms with van der Waals surface area (Å²) in [6.07, 6.45) is -6.08. The number of halogens is 4. The van der Waals surface area contributed by atoms with Crippen LogP contribution in [0.2, 0.25) is 5.02 Å². The van der Waals surface area contributed by atoms with Gasteiger partial charge in [0.15, 0.2) is 0 Å². The minimum absolute atomic E-state index is 0.102. The summed E-state index contributed by atoms with van der Waals surface area (Å²) in [5.41, 5.74) is -0.295. The highest BCUT2D eigenvalue weighted by atomic mass is 35.5. The molecule has 5 nitrogen and oxygen atoms in total. The highest BCUT2D eigenvalue weighted by molar-refractivity contribution is 7.92. The molecular weight excluding hydrogens is 335 g/mol. The van der Waals surface area contributed by atoms with E-state index in [1.165, 1.54) is 18.2 Å². The topological polar surface area (TPSA) is 72.5 Å². The number of benzene rings is 1. The Hall–Kier alpha value is -1.48. The van der Waals surface area contributed by atoms with Crippen LogP contribution in [0.5, 0.6) is 0 Å². The third-order valence-electron chi connectivity index (χ3n) is 2.32. The molecular formula is C11H11ClF3NO4S. The van der Waals surface area contributed by atoms with Gasteiger partial charge in [0, 0.05) is 0 Å². The van der Waals surface area contributed by atoms with Gasteiger partial charge in [-0.05, 0) is 12.1 Å². The van der Waals surface area contributed by atoms with Crippen molar-refractivity contribution in [2.75, 3.05) is 17.6 Å². The van der Waals surface area contributed by atoms with E-state index in [0.717, 1.165) is 7.11 Å². The lowest BCUT2D eigenvalue weighted by Crippen LogP contribution is -2.22. The first kappa shape index (κ1) is 17.6. The smallest absolute Gasteiger partial charge is 0.390 e. The quantitative estimate of drug-likeness (QED) is 0.833. The van der Waals surface area contributed by atoms with E-state index in [1.807, 2.05) is 4.72 Å². The second kappa shape index (κ2) is 6.52. The van der Waals surface area contributed by atoms with E-state index in [0.29, 0.717) is 0 Å². The molecule has 0 atom stereocenters. The van der Waals surface area contributed by atoms with Crippen LogP contribution >= 0.6 is 11.6 Å². The molecule has 0 aromatic heterocycles. The summed E-state index contributed by atoms with van der Waals surface area (Å²) in [6, 6.07) is 3.83. The molecule has 0 heterocycles. The van der Waals surface area contributed by atoms with Crippen molar-refractivity contribution in [2.45, 2.75) is 12.6 Å². The second-order valence-electron chi connectivity index (χ2n) is 3.94. The van der Waals surface area contributed by atoms with Crippen molar-refractivity contribution in [2.24, 2.45) is 0 Å². The molecule has 0 aliphatic carbocycles. The van der Waals surface area contributed by atoms with Gasteiger partial charge in [0.25, 0.3) is 0 Å². The number of methoxy groups -OCH3 is 1. The van der Waals surface area contributed by atoms with Gasteiger partial charge in [0.05, 0.1) is 35.6 Å². The number of sulfonamides is 1. The van der Waals surface area contributed by atoms with Crippen molar-refractivity contribution in [1.82, 2.24) is 0 Å². The minimum atomic E-state index is -4.59. The fraction of sp³-hybridized carbons (Fsp3) is 0.364. The largest absolute Gasteiger partial charge is 0.465 e. The van der Waals surface area contributed by atoms with Crippen LogP contribution in [0.25, 0.3) is 0 Å². The Bertz CT molecular complexity index is 631. The van der Waals surface area contributed by atoms with E-state index in [1.54, 1.807) is 0 Å². The Morgan fingerprint density at radius 1 is 1.38 bits per heavy atom. The van der Waals surface area contributed by atoms with Crippen molar-refractivity contribution in [3.63, 3.8) is 0 Å². The third kappa shape index (κ3) is 5.43. The molecule has 0 radical (unpaired) electrons. The average molecular weight is 346 g/mol. The number of ether oxygens (including phenoxy) is 1. The lowest BCUT2D eigenvalue weighted by molar-refractivity contribution is -0.129. The Morgan fingerprint density at radius 3 is 2.52 bits per heavy atom. The van der Waals surface area contributed by atoms with Gasteiger partial charge in [-0.25, -0.2) is 13.2 Å². The predicted octanol–water partition coefficient (Wildman–Crippen LogP) is 2.82. The van der Waals surface area contributed by atoms with Crippen LogP contribution < -0.4 is 4.72 Å². The number of anilines is 1. The maximum Gasteiger partial charge on any atom is 0.390 e. The molecule has 0 aliphatic heterocycles. The molecule has 0 unspecified atom stereocenters. The Morgan fingerprint density at radius 2 is 2.00 bits per heavy atom. The van der Waals surface area contributed by atoms with Crippen molar-refractivity contribution < 1.29 is 31.1 Å². The van der Waals surface area contributed by atoms with E-state index in [4.69, 9.17) is 11.6 Å². The zero-order valence-corrected chi connectivity index (χ0v) is 12.3. The zero-order chi connectivity index (χ0) is 16.3. The molecule has 1 aromatic rings. The molecule has 0 aliphatic rings. The van der Waals surface area contributed by atoms with E-state index < -0.39 is 34.3 Å². The lowest BCUT2D eigenvalue weighted by Gasteiger charge is -2.12. The Kier molecular flexibility index (Phi) is 5.46. The summed E-state index contributed by atoms with van der Waals surface area (Å²) < 4.78 is 65.6. The summed E-state index contributed by atoms with van der Waals surface area (Å²) in [5.74, 6) is -1.94. The van der Waals surface area contributed by atoms with Crippen LogP contribution in [-0.2, 0) is 14.8 Å². The summed E-state index contributed by atoms with van der Waals surface area (Å²) >= 11 is 5.83. The van der Waals surface area contributed by atoms with Gasteiger partial charge >= 0.3 is 12.1 Å². The first-order chi connectivity index (χ1) is 9.56. The van der Waals surface area contributed by atoms with E-state index >= 15 is 0 Å². The lowest BCUT2D eigenvalue weighted by atomic mass is 10.2. The first-order valence-corrected chi connectivity index (χ1v) is 7.53. The van der Waals surface area contributed by atoms with Crippen LogP contribution in [0.15, 0.2) is 18.2 Å². The van der Waals surface area contributed by atoms with Gasteiger partial charge in [-0.15, -0.1) is 0 Å². The maximum atomic E-state index is 12.0. The molecule has 21 heavy (non-hydrogen) atoms. The molecule has 0 saturated carbocycles. The number of hydrogen-bond donors (Lipinski definition) is 1. The predicted molar refractivity (Wildman–Crippen MR) is 70.9 cm³/mol. The van der Waals surface area contributed by atoms with Crippen LogP contribution in [0.4, 0.5) is 18.9 Å². The molecule has 0 spiro atoms. The second-order valence-corrected chi connectivity index (χ2v) is 6.16. The van der Waals surface area contributed by atoms with Gasteiger partial charge in [0.2, 0.25) is 10.0 Å². The van der Waals surface area contributed by atoms with Crippen molar-refractivity contribution in [1.29, 1.82) is 0 Å². The standard InChI is InChI=1S/C11H11ClF3NO4S/c1-20-10(17)7-3-2-4-8(9(7)12)16-21(18,19)6-5-11(13,14)15/h2-4,16H,5-6H2,1H3. The van der Waals surface area contributed by atoms with Gasteiger partial charge in [-0.2, -0.15) is 13.2 Å². The first-order valence-electron chi connectivity index (χ1n) is 5.50. The van der Waals surface area contributed by atoms with Crippen LogP contribution in [0.1, 0.15) is 16.8 Å². The third-order valence-corrected chi connectivity index (χ3v) is 4.00. The molecule has 10 heteroatoms. The molecule has 0 saturated heterocycles. The Labute approximate surface area is 124 Å². The van der Waals surface area contributed by atoms with Crippen LogP contribution in [0.3, 0.4) is 0 Å². The van der Waals surface area contributed by atoms with Crippen molar-refractivity contribution >= 4 is 33.3 Å². The van der Waals surface area contributed by atoms with Crippen LogP contribution in [-0.4, -0.2) is 33.4 Å². The molecule has 1 aromatic carbocycles. The number of carbonyl (C=O) groups excluding carboxylic acids is 1. The van der Waals surface area contributed by atoms with Gasteiger partial charge in [-0.1, -0.05) is 17.7 Å². The van der Waals surface area contributed by atoms with Crippen molar-refractivity contribution in [3.05, 3.63) is 28.8 Å². The zero-order valence-electron chi connectivity index (χ0n) is 10.7. The van der Waals surface area contributed by atoms with Gasteiger partial charge in [-0.3, -0.25) is 4.72 Å². The van der Waals surface area contributed by atoms with E-state index in [2.05, 4.69) is 4.74 Å².